The number of aromatic nitrogens is 2. The zero-order chi connectivity index (χ0) is 12.6. The average Bonchev–Trinajstić information content (AvgIpc) is 2.89. The first kappa shape index (κ1) is 12.2. The Balaban J connectivity index is 1.62. The number of ether oxygens (including phenoxy) is 1. The smallest absolute Gasteiger partial charge is 0.224 e. The van der Waals surface area contributed by atoms with Gasteiger partial charge in [0.05, 0.1) is 18.5 Å². The van der Waals surface area contributed by atoms with Crippen molar-refractivity contribution in [2.75, 3.05) is 11.9 Å². The van der Waals surface area contributed by atoms with Crippen molar-refractivity contribution in [2.45, 2.75) is 12.8 Å². The number of nitrogens with zero attached hydrogens (tertiary/aromatic N) is 1. The summed E-state index contributed by atoms with van der Waals surface area (Å²) in [4.78, 5) is 11.5. The normalized spacial score (nSPS) is 10.0. The number of nitrogens with one attached hydrogen (secondary N) is 2. The largest absolute Gasteiger partial charge is 0.494 e. The van der Waals surface area contributed by atoms with Gasteiger partial charge in [0.25, 0.3) is 0 Å². The average molecular weight is 245 g/mol. The number of rotatable bonds is 6. The van der Waals surface area contributed by atoms with Crippen LogP contribution in [0, 0.1) is 0 Å². The van der Waals surface area contributed by atoms with Gasteiger partial charge < -0.3 is 10.1 Å². The molecule has 0 unspecified atom stereocenters. The maximum Gasteiger partial charge on any atom is 0.224 e. The van der Waals surface area contributed by atoms with Crippen LogP contribution >= 0.6 is 0 Å². The molecule has 0 radical (unpaired) electrons. The third-order valence-electron chi connectivity index (χ3n) is 2.34. The van der Waals surface area contributed by atoms with Crippen molar-refractivity contribution >= 4 is 11.6 Å². The summed E-state index contributed by atoms with van der Waals surface area (Å²) in [5.41, 5.74) is 0.684. The van der Waals surface area contributed by atoms with Crippen LogP contribution in [0.25, 0.3) is 0 Å². The van der Waals surface area contributed by atoms with Crippen LogP contribution in [-0.4, -0.2) is 22.7 Å². The molecule has 1 aromatic heterocycles. The molecule has 0 fully saturated rings. The third kappa shape index (κ3) is 3.93. The number of H-pyrrole nitrogens is 1. The summed E-state index contributed by atoms with van der Waals surface area (Å²) in [5, 5.41) is 9.11. The van der Waals surface area contributed by atoms with E-state index in [4.69, 9.17) is 4.74 Å². The summed E-state index contributed by atoms with van der Waals surface area (Å²) in [5.74, 6) is 0.792. The number of anilines is 1. The topological polar surface area (TPSA) is 67.0 Å². The van der Waals surface area contributed by atoms with Crippen molar-refractivity contribution in [3.63, 3.8) is 0 Å². The lowest BCUT2D eigenvalue weighted by Crippen LogP contribution is -2.12. The monoisotopic (exact) mass is 245 g/mol. The Bertz CT molecular complexity index is 468. The van der Waals surface area contributed by atoms with E-state index < -0.39 is 0 Å². The lowest BCUT2D eigenvalue weighted by Gasteiger charge is -2.05. The van der Waals surface area contributed by atoms with E-state index in [0.717, 1.165) is 5.75 Å². The van der Waals surface area contributed by atoms with E-state index in [-0.39, 0.29) is 5.91 Å². The van der Waals surface area contributed by atoms with Crippen molar-refractivity contribution in [1.82, 2.24) is 10.2 Å². The second kappa shape index (κ2) is 6.44. The molecule has 0 atom stereocenters. The second-order valence-corrected chi connectivity index (χ2v) is 3.80. The van der Waals surface area contributed by atoms with E-state index in [0.29, 0.717) is 25.1 Å². The van der Waals surface area contributed by atoms with E-state index in [9.17, 15) is 4.79 Å². The highest BCUT2D eigenvalue weighted by Gasteiger charge is 2.02. The highest BCUT2D eigenvalue weighted by atomic mass is 16.5. The summed E-state index contributed by atoms with van der Waals surface area (Å²) in [6.07, 6.45) is 4.31. The van der Waals surface area contributed by atoms with E-state index in [1.807, 2.05) is 30.3 Å². The molecular formula is C13H15N3O2. The first-order valence-electron chi connectivity index (χ1n) is 5.81. The quantitative estimate of drug-likeness (QED) is 0.767. The van der Waals surface area contributed by atoms with Crippen LogP contribution in [0.15, 0.2) is 42.7 Å². The fourth-order valence-electron chi connectivity index (χ4n) is 1.48. The van der Waals surface area contributed by atoms with Crippen LogP contribution in [-0.2, 0) is 4.79 Å². The number of para-hydroxylation sites is 1. The van der Waals surface area contributed by atoms with E-state index in [1.165, 1.54) is 0 Å². The number of aromatic amines is 1. The van der Waals surface area contributed by atoms with Gasteiger partial charge in [-0.3, -0.25) is 9.89 Å². The van der Waals surface area contributed by atoms with Crippen LogP contribution in [0.4, 0.5) is 5.69 Å². The van der Waals surface area contributed by atoms with Crippen LogP contribution in [0.1, 0.15) is 12.8 Å². The summed E-state index contributed by atoms with van der Waals surface area (Å²) < 4.78 is 5.49. The molecule has 2 N–H and O–H groups in total. The number of carbonyl (C=O) groups excluding carboxylic acids is 1. The summed E-state index contributed by atoms with van der Waals surface area (Å²) >= 11 is 0. The molecule has 1 aromatic carbocycles. The fraction of sp³-hybridized carbons (Fsp3) is 0.231. The molecule has 0 bridgehead atoms. The predicted octanol–water partition coefficient (Wildman–Crippen LogP) is 2.21. The van der Waals surface area contributed by atoms with Crippen molar-refractivity contribution in [3.8, 4) is 5.75 Å². The molecule has 94 valence electrons. The Hall–Kier alpha value is -2.30. The number of hydrogen-bond donors (Lipinski definition) is 2. The number of benzene rings is 1. The molecule has 0 saturated heterocycles. The third-order valence-corrected chi connectivity index (χ3v) is 2.34. The zero-order valence-electron chi connectivity index (χ0n) is 9.93. The molecule has 0 aliphatic heterocycles. The SMILES string of the molecule is O=C(CCCOc1ccccc1)Nc1cn[nH]c1. The van der Waals surface area contributed by atoms with Gasteiger partial charge in [-0.25, -0.2) is 0 Å². The van der Waals surface area contributed by atoms with Gasteiger partial charge in [0.2, 0.25) is 5.91 Å². The summed E-state index contributed by atoms with van der Waals surface area (Å²) in [6, 6.07) is 9.56. The predicted molar refractivity (Wildman–Crippen MR) is 68.4 cm³/mol. The molecule has 0 aliphatic rings. The summed E-state index contributed by atoms with van der Waals surface area (Å²) in [6.45, 7) is 0.531. The maximum absolute atomic E-state index is 11.5. The van der Waals surface area contributed by atoms with Crippen molar-refractivity contribution in [1.29, 1.82) is 0 Å². The molecular weight excluding hydrogens is 230 g/mol. The minimum absolute atomic E-state index is 0.0342. The molecule has 2 aromatic rings. The Morgan fingerprint density at radius 3 is 2.89 bits per heavy atom. The van der Waals surface area contributed by atoms with Gasteiger partial charge in [-0.2, -0.15) is 5.10 Å². The number of hydrogen-bond acceptors (Lipinski definition) is 3. The molecule has 1 heterocycles. The second-order valence-electron chi connectivity index (χ2n) is 3.80. The van der Waals surface area contributed by atoms with Gasteiger partial charge in [-0.15, -0.1) is 0 Å². The van der Waals surface area contributed by atoms with Gasteiger partial charge in [-0.05, 0) is 18.6 Å². The minimum Gasteiger partial charge on any atom is -0.494 e. The molecule has 0 saturated carbocycles. The standard InChI is InChI=1S/C13H15N3O2/c17-13(16-11-9-14-15-10-11)7-4-8-18-12-5-2-1-3-6-12/h1-3,5-6,9-10H,4,7-8H2,(H,14,15)(H,16,17). The van der Waals surface area contributed by atoms with Gasteiger partial charge in [-0.1, -0.05) is 18.2 Å². The highest BCUT2D eigenvalue weighted by Crippen LogP contribution is 2.09. The first-order valence-corrected chi connectivity index (χ1v) is 5.81. The van der Waals surface area contributed by atoms with Gasteiger partial charge in [0.1, 0.15) is 5.75 Å². The molecule has 5 heteroatoms. The molecule has 0 spiro atoms. The molecule has 2 rings (SSSR count). The van der Waals surface area contributed by atoms with Crippen LogP contribution in [0.5, 0.6) is 5.75 Å². The molecule has 5 nitrogen and oxygen atoms in total. The zero-order valence-corrected chi connectivity index (χ0v) is 9.93. The number of amides is 1. The Kier molecular flexibility index (Phi) is 4.35. The lowest BCUT2D eigenvalue weighted by atomic mass is 10.3. The van der Waals surface area contributed by atoms with Gasteiger partial charge >= 0.3 is 0 Å². The molecule has 1 amide bonds. The van der Waals surface area contributed by atoms with Gasteiger partial charge in [0.15, 0.2) is 0 Å². The Morgan fingerprint density at radius 1 is 1.33 bits per heavy atom. The van der Waals surface area contributed by atoms with Crippen LogP contribution < -0.4 is 10.1 Å². The number of carbonyl (C=O) groups is 1. The van der Waals surface area contributed by atoms with Crippen molar-refractivity contribution in [2.24, 2.45) is 0 Å². The first-order chi connectivity index (χ1) is 8.84. The van der Waals surface area contributed by atoms with Crippen molar-refractivity contribution in [3.05, 3.63) is 42.7 Å². The fourth-order valence-corrected chi connectivity index (χ4v) is 1.48. The summed E-state index contributed by atoms with van der Waals surface area (Å²) in [7, 11) is 0. The van der Waals surface area contributed by atoms with E-state index in [2.05, 4.69) is 15.5 Å². The van der Waals surface area contributed by atoms with Crippen molar-refractivity contribution < 1.29 is 9.53 Å². The highest BCUT2D eigenvalue weighted by molar-refractivity contribution is 5.90. The Morgan fingerprint density at radius 2 is 2.17 bits per heavy atom. The molecule has 18 heavy (non-hydrogen) atoms. The molecule has 0 aliphatic carbocycles. The van der Waals surface area contributed by atoms with E-state index >= 15 is 0 Å². The van der Waals surface area contributed by atoms with Crippen LogP contribution in [0.3, 0.4) is 0 Å². The maximum atomic E-state index is 11.5. The lowest BCUT2D eigenvalue weighted by molar-refractivity contribution is -0.116. The van der Waals surface area contributed by atoms with Crippen LogP contribution in [0.2, 0.25) is 0 Å². The van der Waals surface area contributed by atoms with E-state index in [1.54, 1.807) is 12.4 Å². The minimum atomic E-state index is -0.0342. The van der Waals surface area contributed by atoms with Gasteiger partial charge in [0, 0.05) is 12.6 Å². The Labute approximate surface area is 105 Å².